The molecule has 0 aromatic heterocycles. The van der Waals surface area contributed by atoms with E-state index in [9.17, 15) is 15.3 Å². The fraction of sp³-hybridized carbons (Fsp3) is 0.222. The number of amides is 1. The Morgan fingerprint density at radius 2 is 1.56 bits per heavy atom. The molecular formula is C27H25N3O2. The third-order valence-corrected chi connectivity index (χ3v) is 4.92. The van der Waals surface area contributed by atoms with E-state index >= 15 is 0 Å². The van der Waals surface area contributed by atoms with Crippen LogP contribution in [0.2, 0.25) is 0 Å². The Kier molecular flexibility index (Phi) is 6.93. The monoisotopic (exact) mass is 423 g/mol. The lowest BCUT2D eigenvalue weighted by molar-refractivity contribution is 0.0504. The second-order valence-corrected chi connectivity index (χ2v) is 8.45. The molecule has 0 saturated carbocycles. The smallest absolute Gasteiger partial charge is 0.408 e. The first-order valence-corrected chi connectivity index (χ1v) is 10.4. The van der Waals surface area contributed by atoms with E-state index in [0.29, 0.717) is 5.57 Å². The second-order valence-electron chi connectivity index (χ2n) is 8.45. The summed E-state index contributed by atoms with van der Waals surface area (Å²) in [5.41, 5.74) is 1.57. The van der Waals surface area contributed by atoms with Gasteiger partial charge in [0.2, 0.25) is 0 Å². The van der Waals surface area contributed by atoms with Gasteiger partial charge < -0.3 is 10.1 Å². The quantitative estimate of drug-likeness (QED) is 0.488. The lowest BCUT2D eigenvalue weighted by Gasteiger charge is -2.25. The zero-order valence-corrected chi connectivity index (χ0v) is 18.4. The number of alkyl carbamates (subject to hydrolysis) is 1. The average molecular weight is 424 g/mol. The van der Waals surface area contributed by atoms with Crippen LogP contribution in [-0.4, -0.2) is 11.7 Å². The predicted molar refractivity (Wildman–Crippen MR) is 125 cm³/mol. The predicted octanol–water partition coefficient (Wildman–Crippen LogP) is 6.30. The molecule has 0 aliphatic carbocycles. The number of benzene rings is 3. The standard InChI is InChI=1S/C27H25N3O2/c1-27(2,3)32-26(31)30-25(20-10-5-4-6-11-20)16-24(23(17-28)18-29)22-14-13-19-9-7-8-12-21(19)15-22/h4-15,25H,16H2,1-3H3,(H,30,31)/t25-/m1/s1. The number of ether oxygens (including phenoxy) is 1. The summed E-state index contributed by atoms with van der Waals surface area (Å²) in [4.78, 5) is 12.6. The molecule has 0 bridgehead atoms. The zero-order chi connectivity index (χ0) is 23.1. The Morgan fingerprint density at radius 3 is 2.19 bits per heavy atom. The largest absolute Gasteiger partial charge is 0.444 e. The topological polar surface area (TPSA) is 85.9 Å². The van der Waals surface area contributed by atoms with Crippen molar-refractivity contribution in [3.63, 3.8) is 0 Å². The molecule has 5 heteroatoms. The summed E-state index contributed by atoms with van der Waals surface area (Å²) in [6.45, 7) is 5.40. The summed E-state index contributed by atoms with van der Waals surface area (Å²) in [6.07, 6.45) is -0.294. The second kappa shape index (κ2) is 9.81. The third-order valence-electron chi connectivity index (χ3n) is 4.92. The number of carbonyl (C=O) groups is 1. The summed E-state index contributed by atoms with van der Waals surface area (Å²) >= 11 is 0. The first-order valence-electron chi connectivity index (χ1n) is 10.4. The van der Waals surface area contributed by atoms with Crippen LogP contribution < -0.4 is 5.32 Å². The van der Waals surface area contributed by atoms with Crippen LogP contribution in [0.3, 0.4) is 0 Å². The number of hydrogen-bond acceptors (Lipinski definition) is 4. The molecule has 0 heterocycles. The van der Waals surface area contributed by atoms with Crippen molar-refractivity contribution in [1.82, 2.24) is 5.32 Å². The highest BCUT2D eigenvalue weighted by atomic mass is 16.6. The van der Waals surface area contributed by atoms with Crippen molar-refractivity contribution in [2.45, 2.75) is 38.8 Å². The molecule has 0 saturated heterocycles. The van der Waals surface area contributed by atoms with Crippen molar-refractivity contribution < 1.29 is 9.53 Å². The van der Waals surface area contributed by atoms with Crippen LogP contribution in [-0.2, 0) is 4.74 Å². The molecular weight excluding hydrogens is 398 g/mol. The molecule has 160 valence electrons. The summed E-state index contributed by atoms with van der Waals surface area (Å²) in [5, 5.41) is 24.3. The van der Waals surface area contributed by atoms with Gasteiger partial charge in [-0.3, -0.25) is 0 Å². The van der Waals surface area contributed by atoms with E-state index in [4.69, 9.17) is 4.74 Å². The molecule has 3 aromatic carbocycles. The van der Waals surface area contributed by atoms with Crippen molar-refractivity contribution in [1.29, 1.82) is 10.5 Å². The molecule has 5 nitrogen and oxygen atoms in total. The van der Waals surface area contributed by atoms with Gasteiger partial charge in [-0.15, -0.1) is 0 Å². The van der Waals surface area contributed by atoms with Crippen molar-refractivity contribution in [2.24, 2.45) is 0 Å². The maximum absolute atomic E-state index is 12.6. The highest BCUT2D eigenvalue weighted by Crippen LogP contribution is 2.32. The number of rotatable bonds is 5. The Hall–Kier alpha value is -4.09. The van der Waals surface area contributed by atoms with Gasteiger partial charge in [0, 0.05) is 0 Å². The van der Waals surface area contributed by atoms with Gasteiger partial charge in [0.05, 0.1) is 6.04 Å². The molecule has 32 heavy (non-hydrogen) atoms. The molecule has 0 spiro atoms. The van der Waals surface area contributed by atoms with Crippen LogP contribution in [0.5, 0.6) is 0 Å². The van der Waals surface area contributed by atoms with Gasteiger partial charge >= 0.3 is 6.09 Å². The molecule has 3 rings (SSSR count). The molecule has 0 radical (unpaired) electrons. The minimum Gasteiger partial charge on any atom is -0.444 e. The van der Waals surface area contributed by atoms with E-state index in [1.165, 1.54) is 0 Å². The highest BCUT2D eigenvalue weighted by Gasteiger charge is 2.23. The van der Waals surface area contributed by atoms with Crippen LogP contribution >= 0.6 is 0 Å². The number of hydrogen-bond donors (Lipinski definition) is 1. The Morgan fingerprint density at radius 1 is 0.938 bits per heavy atom. The summed E-state index contributed by atoms with van der Waals surface area (Å²) in [6, 6.07) is 26.8. The number of nitriles is 2. The van der Waals surface area contributed by atoms with E-state index in [-0.39, 0.29) is 12.0 Å². The van der Waals surface area contributed by atoms with Crippen LogP contribution in [0.15, 0.2) is 78.4 Å². The van der Waals surface area contributed by atoms with Gasteiger partial charge in [-0.1, -0.05) is 66.7 Å². The maximum Gasteiger partial charge on any atom is 0.408 e. The first-order chi connectivity index (χ1) is 15.3. The molecule has 1 atom stereocenters. The van der Waals surface area contributed by atoms with Gasteiger partial charge in [0.1, 0.15) is 23.3 Å². The molecule has 3 aromatic rings. The van der Waals surface area contributed by atoms with Crippen LogP contribution in [0.25, 0.3) is 16.3 Å². The molecule has 0 aliphatic heterocycles. The van der Waals surface area contributed by atoms with E-state index in [1.807, 2.05) is 84.9 Å². The minimum atomic E-state index is -0.646. The SMILES string of the molecule is CC(C)(C)OC(=O)N[C@H](CC(=C(C#N)C#N)c1ccc2ccccc2c1)c1ccccc1. The number of carbonyl (C=O) groups excluding carboxylic acids is 1. The van der Waals surface area contributed by atoms with Gasteiger partial charge in [0.25, 0.3) is 0 Å². The Bertz CT molecular complexity index is 1210. The fourth-order valence-corrected chi connectivity index (χ4v) is 3.49. The molecule has 1 N–H and O–H groups in total. The lowest BCUT2D eigenvalue weighted by atomic mass is 9.90. The Balaban J connectivity index is 2.04. The molecule has 1 amide bonds. The van der Waals surface area contributed by atoms with Crippen LogP contribution in [0, 0.1) is 22.7 Å². The van der Waals surface area contributed by atoms with Crippen LogP contribution in [0.4, 0.5) is 4.79 Å². The number of fused-ring (bicyclic) bond motifs is 1. The van der Waals surface area contributed by atoms with Crippen molar-refractivity contribution >= 4 is 22.4 Å². The van der Waals surface area contributed by atoms with E-state index < -0.39 is 17.7 Å². The maximum atomic E-state index is 12.6. The Labute approximate surface area is 188 Å². The normalized spacial score (nSPS) is 11.7. The number of nitrogens with zero attached hydrogens (tertiary/aromatic N) is 2. The minimum absolute atomic E-state index is 0.0206. The van der Waals surface area contributed by atoms with Gasteiger partial charge in [-0.2, -0.15) is 10.5 Å². The highest BCUT2D eigenvalue weighted by molar-refractivity contribution is 5.88. The number of allylic oxidation sites excluding steroid dienone is 1. The average Bonchev–Trinajstić information content (AvgIpc) is 2.77. The van der Waals surface area contributed by atoms with E-state index in [1.54, 1.807) is 20.8 Å². The number of nitrogens with one attached hydrogen (secondary N) is 1. The molecule has 0 aliphatic rings. The summed E-state index contributed by atoms with van der Waals surface area (Å²) in [7, 11) is 0. The van der Waals surface area contributed by atoms with Crippen molar-refractivity contribution in [2.75, 3.05) is 0 Å². The molecule has 0 unspecified atom stereocenters. The van der Waals surface area contributed by atoms with Gasteiger partial charge in [-0.25, -0.2) is 4.79 Å². The van der Waals surface area contributed by atoms with E-state index in [0.717, 1.165) is 21.9 Å². The van der Waals surface area contributed by atoms with Crippen LogP contribution in [0.1, 0.15) is 44.4 Å². The van der Waals surface area contributed by atoms with Crippen molar-refractivity contribution in [3.05, 3.63) is 89.5 Å². The molecule has 0 fully saturated rings. The summed E-state index contributed by atoms with van der Waals surface area (Å²) < 4.78 is 5.45. The lowest BCUT2D eigenvalue weighted by Crippen LogP contribution is -2.35. The first kappa shape index (κ1) is 22.6. The van der Waals surface area contributed by atoms with Gasteiger partial charge in [0.15, 0.2) is 0 Å². The van der Waals surface area contributed by atoms with Gasteiger partial charge in [-0.05, 0) is 60.7 Å². The summed E-state index contributed by atoms with van der Waals surface area (Å²) in [5.74, 6) is 0. The fourth-order valence-electron chi connectivity index (χ4n) is 3.49. The van der Waals surface area contributed by atoms with E-state index in [2.05, 4.69) is 5.32 Å². The third kappa shape index (κ3) is 5.74. The zero-order valence-electron chi connectivity index (χ0n) is 18.4. The van der Waals surface area contributed by atoms with Crippen molar-refractivity contribution in [3.8, 4) is 12.1 Å².